The van der Waals surface area contributed by atoms with Gasteiger partial charge >= 0.3 is 0 Å². The second kappa shape index (κ2) is 4.88. The van der Waals surface area contributed by atoms with Gasteiger partial charge in [0.25, 0.3) is 5.91 Å². The Morgan fingerprint density at radius 2 is 2.11 bits per heavy atom. The molecule has 3 rings (SSSR count). The fourth-order valence-electron chi connectivity index (χ4n) is 3.33. The Morgan fingerprint density at radius 1 is 1.33 bits per heavy atom. The van der Waals surface area contributed by atoms with Gasteiger partial charge in [-0.1, -0.05) is 19.3 Å². The molecule has 5 heteroatoms. The maximum Gasteiger partial charge on any atom is 0.273 e. The predicted octanol–water partition coefficient (Wildman–Crippen LogP) is 2.38. The SMILES string of the molecule is Nc1nc(C(=O)N2CCC3CCCCC3C2)cs1. The van der Waals surface area contributed by atoms with Crippen LogP contribution in [0.4, 0.5) is 5.13 Å². The highest BCUT2D eigenvalue weighted by molar-refractivity contribution is 7.13. The van der Waals surface area contributed by atoms with E-state index in [1.165, 1.54) is 37.0 Å². The largest absolute Gasteiger partial charge is 0.375 e. The number of aromatic nitrogens is 1. The molecule has 0 bridgehead atoms. The third-order valence-corrected chi connectivity index (χ3v) is 4.99. The van der Waals surface area contributed by atoms with Gasteiger partial charge < -0.3 is 10.6 Å². The lowest BCUT2D eigenvalue weighted by atomic mass is 9.75. The molecule has 2 unspecified atom stereocenters. The van der Waals surface area contributed by atoms with Crippen LogP contribution in [0.2, 0.25) is 0 Å². The Labute approximate surface area is 111 Å². The maximum absolute atomic E-state index is 12.3. The van der Waals surface area contributed by atoms with Gasteiger partial charge in [0.1, 0.15) is 5.69 Å². The van der Waals surface area contributed by atoms with Crippen molar-refractivity contribution in [2.75, 3.05) is 18.8 Å². The molecule has 18 heavy (non-hydrogen) atoms. The summed E-state index contributed by atoms with van der Waals surface area (Å²) in [6.45, 7) is 1.80. The Balaban J connectivity index is 1.68. The van der Waals surface area contributed by atoms with Crippen molar-refractivity contribution >= 4 is 22.4 Å². The van der Waals surface area contributed by atoms with Crippen molar-refractivity contribution in [1.82, 2.24) is 9.88 Å². The molecule has 1 amide bonds. The van der Waals surface area contributed by atoms with Gasteiger partial charge in [0, 0.05) is 18.5 Å². The standard InChI is InChI=1S/C13H19N3OS/c14-13-15-11(8-18-13)12(17)16-6-5-9-3-1-2-4-10(9)7-16/h8-10H,1-7H2,(H2,14,15). The minimum absolute atomic E-state index is 0.0620. The van der Waals surface area contributed by atoms with Crippen molar-refractivity contribution in [3.8, 4) is 0 Å². The van der Waals surface area contributed by atoms with Gasteiger partial charge in [0.15, 0.2) is 5.13 Å². The van der Waals surface area contributed by atoms with E-state index in [2.05, 4.69) is 4.98 Å². The molecule has 1 saturated heterocycles. The molecular weight excluding hydrogens is 246 g/mol. The number of hydrogen-bond acceptors (Lipinski definition) is 4. The molecule has 4 nitrogen and oxygen atoms in total. The quantitative estimate of drug-likeness (QED) is 0.848. The van der Waals surface area contributed by atoms with Crippen LogP contribution in [0.25, 0.3) is 0 Å². The fourth-order valence-corrected chi connectivity index (χ4v) is 3.87. The van der Waals surface area contributed by atoms with Crippen LogP contribution < -0.4 is 5.73 Å². The summed E-state index contributed by atoms with van der Waals surface area (Å²) in [5, 5.41) is 2.25. The molecule has 1 saturated carbocycles. The predicted molar refractivity (Wildman–Crippen MR) is 72.5 cm³/mol. The summed E-state index contributed by atoms with van der Waals surface area (Å²) in [5.74, 6) is 1.63. The van der Waals surface area contributed by atoms with E-state index < -0.39 is 0 Å². The topological polar surface area (TPSA) is 59.2 Å². The molecular formula is C13H19N3OS. The van der Waals surface area contributed by atoms with E-state index in [4.69, 9.17) is 5.73 Å². The fraction of sp³-hybridized carbons (Fsp3) is 0.692. The van der Waals surface area contributed by atoms with Gasteiger partial charge in [0.05, 0.1) is 0 Å². The molecule has 1 aromatic rings. The number of thiazole rings is 1. The van der Waals surface area contributed by atoms with Crippen molar-refractivity contribution in [2.45, 2.75) is 32.1 Å². The minimum atomic E-state index is 0.0620. The third-order valence-electron chi connectivity index (χ3n) is 4.32. The van der Waals surface area contributed by atoms with Gasteiger partial charge in [-0.05, 0) is 24.7 Å². The van der Waals surface area contributed by atoms with Crippen molar-refractivity contribution in [1.29, 1.82) is 0 Å². The molecule has 0 radical (unpaired) electrons. The Morgan fingerprint density at radius 3 is 2.83 bits per heavy atom. The van der Waals surface area contributed by atoms with Crippen LogP contribution in [0.15, 0.2) is 5.38 Å². The smallest absolute Gasteiger partial charge is 0.273 e. The monoisotopic (exact) mass is 265 g/mol. The van der Waals surface area contributed by atoms with Crippen molar-refractivity contribution in [3.05, 3.63) is 11.1 Å². The van der Waals surface area contributed by atoms with Gasteiger partial charge in [-0.2, -0.15) is 0 Å². The number of likely N-dealkylation sites (tertiary alicyclic amines) is 1. The average Bonchev–Trinajstić information content (AvgIpc) is 2.84. The van der Waals surface area contributed by atoms with Crippen molar-refractivity contribution < 1.29 is 4.79 Å². The first-order chi connectivity index (χ1) is 8.74. The summed E-state index contributed by atoms with van der Waals surface area (Å²) in [6.07, 6.45) is 6.50. The maximum atomic E-state index is 12.3. The van der Waals surface area contributed by atoms with E-state index in [9.17, 15) is 4.79 Å². The number of nitrogens with zero attached hydrogens (tertiary/aromatic N) is 2. The van der Waals surface area contributed by atoms with Crippen LogP contribution in [-0.2, 0) is 0 Å². The van der Waals surface area contributed by atoms with E-state index in [0.29, 0.717) is 16.7 Å². The molecule has 2 fully saturated rings. The average molecular weight is 265 g/mol. The molecule has 2 aliphatic rings. The highest BCUT2D eigenvalue weighted by Gasteiger charge is 2.33. The second-order valence-electron chi connectivity index (χ2n) is 5.42. The summed E-state index contributed by atoms with van der Waals surface area (Å²) >= 11 is 1.34. The van der Waals surface area contributed by atoms with E-state index in [1.807, 2.05) is 4.90 Å². The number of carbonyl (C=O) groups is 1. The molecule has 2 heterocycles. The van der Waals surface area contributed by atoms with Crippen molar-refractivity contribution in [3.63, 3.8) is 0 Å². The summed E-state index contributed by atoms with van der Waals surface area (Å²) in [7, 11) is 0. The minimum Gasteiger partial charge on any atom is -0.375 e. The first kappa shape index (κ1) is 12.0. The number of rotatable bonds is 1. The molecule has 0 spiro atoms. The van der Waals surface area contributed by atoms with Gasteiger partial charge in [-0.25, -0.2) is 4.98 Å². The third kappa shape index (κ3) is 2.23. The van der Waals surface area contributed by atoms with E-state index in [1.54, 1.807) is 5.38 Å². The zero-order valence-electron chi connectivity index (χ0n) is 10.5. The highest BCUT2D eigenvalue weighted by Crippen LogP contribution is 2.36. The lowest BCUT2D eigenvalue weighted by molar-refractivity contribution is 0.0516. The number of amides is 1. The number of fused-ring (bicyclic) bond motifs is 1. The Kier molecular flexibility index (Phi) is 3.24. The van der Waals surface area contributed by atoms with E-state index in [0.717, 1.165) is 25.4 Å². The molecule has 2 N–H and O–H groups in total. The van der Waals surface area contributed by atoms with Crippen LogP contribution in [0, 0.1) is 11.8 Å². The van der Waals surface area contributed by atoms with Crippen LogP contribution in [0.3, 0.4) is 0 Å². The lowest BCUT2D eigenvalue weighted by Gasteiger charge is -2.41. The zero-order chi connectivity index (χ0) is 12.5. The molecule has 1 aliphatic carbocycles. The van der Waals surface area contributed by atoms with Crippen LogP contribution in [0.1, 0.15) is 42.6 Å². The van der Waals surface area contributed by atoms with E-state index >= 15 is 0 Å². The number of anilines is 1. The summed E-state index contributed by atoms with van der Waals surface area (Å²) in [5.41, 5.74) is 6.11. The van der Waals surface area contributed by atoms with Gasteiger partial charge in [-0.15, -0.1) is 11.3 Å². The second-order valence-corrected chi connectivity index (χ2v) is 6.31. The van der Waals surface area contributed by atoms with Gasteiger partial charge in [0.2, 0.25) is 0 Å². The molecule has 0 aromatic carbocycles. The van der Waals surface area contributed by atoms with E-state index in [-0.39, 0.29) is 5.91 Å². The zero-order valence-corrected chi connectivity index (χ0v) is 11.3. The summed E-state index contributed by atoms with van der Waals surface area (Å²) < 4.78 is 0. The van der Waals surface area contributed by atoms with Gasteiger partial charge in [-0.3, -0.25) is 4.79 Å². The van der Waals surface area contributed by atoms with Crippen LogP contribution in [0.5, 0.6) is 0 Å². The summed E-state index contributed by atoms with van der Waals surface area (Å²) in [6, 6.07) is 0. The number of carbonyl (C=O) groups excluding carboxylic acids is 1. The molecule has 2 atom stereocenters. The highest BCUT2D eigenvalue weighted by atomic mass is 32.1. The van der Waals surface area contributed by atoms with Crippen molar-refractivity contribution in [2.24, 2.45) is 11.8 Å². The molecule has 98 valence electrons. The van der Waals surface area contributed by atoms with Crippen LogP contribution >= 0.6 is 11.3 Å². The number of nitrogen functional groups attached to an aromatic ring is 1. The Hall–Kier alpha value is -1.10. The number of nitrogens with two attached hydrogens (primary N) is 1. The number of piperidine rings is 1. The first-order valence-electron chi connectivity index (χ1n) is 6.74. The first-order valence-corrected chi connectivity index (χ1v) is 7.62. The number of hydrogen-bond donors (Lipinski definition) is 1. The molecule has 1 aromatic heterocycles. The summed E-state index contributed by atoms with van der Waals surface area (Å²) in [4.78, 5) is 18.4. The lowest BCUT2D eigenvalue weighted by Crippen LogP contribution is -2.44. The Bertz CT molecular complexity index is 445. The normalized spacial score (nSPS) is 27.9. The van der Waals surface area contributed by atoms with Crippen LogP contribution in [-0.4, -0.2) is 28.9 Å². The molecule has 1 aliphatic heterocycles.